The Bertz CT molecular complexity index is 801. The van der Waals surface area contributed by atoms with Crippen molar-refractivity contribution in [1.82, 2.24) is 14.0 Å². The van der Waals surface area contributed by atoms with Crippen LogP contribution in [-0.4, -0.2) is 36.7 Å². The van der Waals surface area contributed by atoms with Crippen LogP contribution in [0.25, 0.3) is 0 Å². The molecular weight excluding hydrogens is 330 g/mol. The molecule has 2 heterocycles. The van der Waals surface area contributed by atoms with Gasteiger partial charge in [-0.25, -0.2) is 4.72 Å². The Kier molecular flexibility index (Phi) is 4.77. The van der Waals surface area contributed by atoms with Crippen molar-refractivity contribution in [3.05, 3.63) is 54.4 Å². The maximum Gasteiger partial charge on any atom is 0.304 e. The number of rotatable bonds is 5. The van der Waals surface area contributed by atoms with Crippen molar-refractivity contribution in [3.8, 4) is 11.5 Å². The molecule has 0 atom stereocenters. The van der Waals surface area contributed by atoms with Crippen molar-refractivity contribution in [2.45, 2.75) is 12.8 Å². The number of nitrogens with one attached hydrogen (secondary N) is 1. The van der Waals surface area contributed by atoms with Crippen LogP contribution in [0.3, 0.4) is 0 Å². The first-order valence-corrected chi connectivity index (χ1v) is 8.99. The third-order valence-electron chi connectivity index (χ3n) is 3.61. The Balaban J connectivity index is 1.65. The minimum atomic E-state index is -3.77. The lowest BCUT2D eigenvalue weighted by molar-refractivity contribution is 0.0979. The predicted octanol–water partition coefficient (Wildman–Crippen LogP) is 1.94. The number of carbonyl (C=O) groups is 1. The fraction of sp³-hybridized carbons (Fsp3) is 0.250. The Morgan fingerprint density at radius 1 is 1.08 bits per heavy atom. The van der Waals surface area contributed by atoms with E-state index in [1.54, 1.807) is 36.7 Å². The lowest BCUT2D eigenvalue weighted by Crippen LogP contribution is -2.42. The summed E-state index contributed by atoms with van der Waals surface area (Å²) in [6.45, 7) is 0.890. The number of benzene rings is 1. The SMILES string of the molecule is O=C(NS(=O)(=O)N1CCCC1)c1ccc(Oc2cccnc2)cc1. The molecule has 0 unspecified atom stereocenters. The van der Waals surface area contributed by atoms with E-state index >= 15 is 0 Å². The summed E-state index contributed by atoms with van der Waals surface area (Å²) in [6, 6.07) is 9.74. The largest absolute Gasteiger partial charge is 0.456 e. The molecule has 0 aliphatic carbocycles. The molecule has 1 aliphatic heterocycles. The maximum absolute atomic E-state index is 12.1. The fourth-order valence-corrected chi connectivity index (χ4v) is 3.61. The summed E-state index contributed by atoms with van der Waals surface area (Å²) in [4.78, 5) is 16.1. The molecule has 8 heteroatoms. The van der Waals surface area contributed by atoms with E-state index in [1.807, 2.05) is 0 Å². The van der Waals surface area contributed by atoms with E-state index in [0.29, 0.717) is 24.6 Å². The first-order chi connectivity index (χ1) is 11.5. The molecule has 1 aromatic carbocycles. The van der Waals surface area contributed by atoms with Crippen molar-refractivity contribution in [1.29, 1.82) is 0 Å². The average Bonchev–Trinajstić information content (AvgIpc) is 3.11. The van der Waals surface area contributed by atoms with Gasteiger partial charge in [0.2, 0.25) is 0 Å². The molecule has 1 N–H and O–H groups in total. The zero-order valence-electron chi connectivity index (χ0n) is 12.9. The van der Waals surface area contributed by atoms with E-state index in [1.165, 1.54) is 16.4 Å². The first kappa shape index (κ1) is 16.4. The van der Waals surface area contributed by atoms with Gasteiger partial charge in [-0.3, -0.25) is 9.78 Å². The van der Waals surface area contributed by atoms with Gasteiger partial charge in [0.15, 0.2) is 0 Å². The number of nitrogens with zero attached hydrogens (tertiary/aromatic N) is 2. The first-order valence-electron chi connectivity index (χ1n) is 7.55. The highest BCUT2D eigenvalue weighted by Gasteiger charge is 2.27. The maximum atomic E-state index is 12.1. The summed E-state index contributed by atoms with van der Waals surface area (Å²) < 4.78 is 33.1. The third-order valence-corrected chi connectivity index (χ3v) is 5.10. The van der Waals surface area contributed by atoms with E-state index in [-0.39, 0.29) is 5.56 Å². The van der Waals surface area contributed by atoms with Gasteiger partial charge in [0.25, 0.3) is 5.91 Å². The highest BCUT2D eigenvalue weighted by Crippen LogP contribution is 2.20. The van der Waals surface area contributed by atoms with Crippen LogP contribution >= 0.6 is 0 Å². The summed E-state index contributed by atoms with van der Waals surface area (Å²) in [5, 5.41) is 0. The average molecular weight is 347 g/mol. The smallest absolute Gasteiger partial charge is 0.304 e. The molecule has 0 bridgehead atoms. The molecule has 0 saturated carbocycles. The van der Waals surface area contributed by atoms with Gasteiger partial charge in [-0.15, -0.1) is 0 Å². The van der Waals surface area contributed by atoms with Crippen molar-refractivity contribution in [2.24, 2.45) is 0 Å². The number of amides is 1. The number of hydrogen-bond donors (Lipinski definition) is 1. The van der Waals surface area contributed by atoms with Gasteiger partial charge in [0.1, 0.15) is 11.5 Å². The molecular formula is C16H17N3O4S. The molecule has 1 fully saturated rings. The van der Waals surface area contributed by atoms with Gasteiger partial charge in [-0.2, -0.15) is 12.7 Å². The van der Waals surface area contributed by atoms with Crippen LogP contribution in [0.5, 0.6) is 11.5 Å². The lowest BCUT2D eigenvalue weighted by atomic mass is 10.2. The molecule has 1 amide bonds. The highest BCUT2D eigenvalue weighted by atomic mass is 32.2. The zero-order chi connectivity index (χ0) is 17.0. The third kappa shape index (κ3) is 3.90. The second-order valence-electron chi connectivity index (χ2n) is 5.36. The quantitative estimate of drug-likeness (QED) is 0.893. The van der Waals surface area contributed by atoms with Crippen LogP contribution in [0.15, 0.2) is 48.8 Å². The van der Waals surface area contributed by atoms with Crippen molar-refractivity contribution in [2.75, 3.05) is 13.1 Å². The summed E-state index contributed by atoms with van der Waals surface area (Å²) in [7, 11) is -3.77. The molecule has 0 spiro atoms. The summed E-state index contributed by atoms with van der Waals surface area (Å²) in [6.07, 6.45) is 4.84. The molecule has 126 valence electrons. The molecule has 1 aromatic heterocycles. The summed E-state index contributed by atoms with van der Waals surface area (Å²) in [5.41, 5.74) is 0.247. The number of pyridine rings is 1. The molecule has 0 radical (unpaired) electrons. The summed E-state index contributed by atoms with van der Waals surface area (Å²) >= 11 is 0. The molecule has 24 heavy (non-hydrogen) atoms. The highest BCUT2D eigenvalue weighted by molar-refractivity contribution is 7.87. The van der Waals surface area contributed by atoms with Crippen LogP contribution in [0, 0.1) is 0 Å². The standard InChI is InChI=1S/C16H17N3O4S/c20-16(18-24(21,22)19-10-1-2-11-19)13-5-7-14(8-6-13)23-15-4-3-9-17-12-15/h3-9,12H,1-2,10-11H2,(H,18,20). The topological polar surface area (TPSA) is 88.6 Å². The Morgan fingerprint density at radius 2 is 1.79 bits per heavy atom. The molecule has 3 rings (SSSR count). The van der Waals surface area contributed by atoms with Gasteiger partial charge < -0.3 is 4.74 Å². The van der Waals surface area contributed by atoms with Gasteiger partial charge >= 0.3 is 10.2 Å². The second-order valence-corrected chi connectivity index (χ2v) is 7.03. The van der Waals surface area contributed by atoms with Gasteiger partial charge in [0.05, 0.1) is 6.20 Å². The van der Waals surface area contributed by atoms with Crippen LogP contribution < -0.4 is 9.46 Å². The molecule has 1 aliphatic rings. The van der Waals surface area contributed by atoms with Gasteiger partial charge in [0, 0.05) is 24.8 Å². The lowest BCUT2D eigenvalue weighted by Gasteiger charge is -2.15. The number of aromatic nitrogens is 1. The Morgan fingerprint density at radius 3 is 2.42 bits per heavy atom. The van der Waals surface area contributed by atoms with Crippen molar-refractivity contribution in [3.63, 3.8) is 0 Å². The van der Waals surface area contributed by atoms with E-state index in [0.717, 1.165) is 12.8 Å². The van der Waals surface area contributed by atoms with E-state index in [2.05, 4.69) is 9.71 Å². The Labute approximate surface area is 140 Å². The normalized spacial score (nSPS) is 15.2. The molecule has 2 aromatic rings. The van der Waals surface area contributed by atoms with E-state index < -0.39 is 16.1 Å². The molecule has 7 nitrogen and oxygen atoms in total. The fourth-order valence-electron chi connectivity index (χ4n) is 2.39. The van der Waals surface area contributed by atoms with Crippen molar-refractivity contribution >= 4 is 16.1 Å². The number of carbonyl (C=O) groups excluding carboxylic acids is 1. The minimum Gasteiger partial charge on any atom is -0.456 e. The van der Waals surface area contributed by atoms with Crippen LogP contribution in [0.1, 0.15) is 23.2 Å². The number of hydrogen-bond acceptors (Lipinski definition) is 5. The Hall–Kier alpha value is -2.45. The van der Waals surface area contributed by atoms with E-state index in [9.17, 15) is 13.2 Å². The monoisotopic (exact) mass is 347 g/mol. The predicted molar refractivity (Wildman–Crippen MR) is 87.9 cm³/mol. The van der Waals surface area contributed by atoms with Crippen LogP contribution in [-0.2, 0) is 10.2 Å². The second kappa shape index (κ2) is 6.98. The van der Waals surface area contributed by atoms with Crippen LogP contribution in [0.4, 0.5) is 0 Å². The summed E-state index contributed by atoms with van der Waals surface area (Å²) in [5.74, 6) is 0.447. The number of ether oxygens (including phenoxy) is 1. The van der Waals surface area contributed by atoms with Crippen molar-refractivity contribution < 1.29 is 17.9 Å². The molecule has 1 saturated heterocycles. The van der Waals surface area contributed by atoms with Crippen LogP contribution in [0.2, 0.25) is 0 Å². The minimum absolute atomic E-state index is 0.247. The van der Waals surface area contributed by atoms with Gasteiger partial charge in [-0.05, 0) is 49.2 Å². The van der Waals surface area contributed by atoms with Gasteiger partial charge in [-0.1, -0.05) is 0 Å². The van der Waals surface area contributed by atoms with E-state index in [4.69, 9.17) is 4.74 Å². The zero-order valence-corrected chi connectivity index (χ0v) is 13.7.